The predicted octanol–water partition coefficient (Wildman–Crippen LogP) is 13.5. The molecule has 0 aromatic heterocycles. The first-order valence-corrected chi connectivity index (χ1v) is 25.6. The summed E-state index contributed by atoms with van der Waals surface area (Å²) < 4.78 is 0. The van der Waals surface area contributed by atoms with E-state index in [0.717, 1.165) is 58.4 Å². The molecular weight excluding hydrogens is 717 g/mol. The van der Waals surface area contributed by atoms with E-state index in [2.05, 4.69) is 49.8 Å². The van der Waals surface area contributed by atoms with Gasteiger partial charge in [0.25, 0.3) is 0 Å². The number of likely N-dealkylation sites (tertiary alicyclic amines) is 2. The van der Waals surface area contributed by atoms with Crippen LogP contribution in [0.2, 0.25) is 0 Å². The Morgan fingerprint density at radius 1 is 0.448 bits per heavy atom. The van der Waals surface area contributed by atoms with E-state index < -0.39 is 0 Å². The first-order valence-electron chi connectivity index (χ1n) is 25.6. The third-order valence-electron chi connectivity index (χ3n) is 12.5. The third-order valence-corrected chi connectivity index (χ3v) is 12.5. The van der Waals surface area contributed by atoms with Gasteiger partial charge in [-0.2, -0.15) is 0 Å². The zero-order valence-electron chi connectivity index (χ0n) is 39.3. The molecule has 3 amide bonds. The van der Waals surface area contributed by atoms with Crippen LogP contribution in [-0.2, 0) is 14.4 Å². The molecule has 0 saturated carbocycles. The minimum absolute atomic E-state index is 0.0745. The molecule has 7 heteroatoms. The fraction of sp³-hybridized carbons (Fsp3) is 0.902. The minimum atomic E-state index is -0.133. The summed E-state index contributed by atoms with van der Waals surface area (Å²) in [5.74, 6) is 0.459. The van der Waals surface area contributed by atoms with Crippen LogP contribution in [0.1, 0.15) is 246 Å². The number of hydrogen-bond donors (Lipinski definition) is 2. The van der Waals surface area contributed by atoms with Gasteiger partial charge in [-0.25, -0.2) is 0 Å². The zero-order chi connectivity index (χ0) is 42.3. The molecule has 2 heterocycles. The normalized spacial score (nSPS) is 16.6. The van der Waals surface area contributed by atoms with Crippen molar-refractivity contribution in [2.75, 3.05) is 39.3 Å². The molecule has 2 atom stereocenters. The summed E-state index contributed by atoms with van der Waals surface area (Å²) in [6.45, 7) is 18.2. The Kier molecular flexibility index (Phi) is 36.4. The molecule has 2 N–H and O–H groups in total. The first kappa shape index (κ1) is 54.0. The van der Waals surface area contributed by atoms with Gasteiger partial charge in [-0.15, -0.1) is 0 Å². The van der Waals surface area contributed by atoms with Gasteiger partial charge < -0.3 is 20.4 Å². The van der Waals surface area contributed by atoms with E-state index in [1.165, 1.54) is 192 Å². The van der Waals surface area contributed by atoms with Gasteiger partial charge >= 0.3 is 0 Å². The average Bonchev–Trinajstić information content (AvgIpc) is 3.79. The van der Waals surface area contributed by atoms with Crippen molar-refractivity contribution in [3.05, 3.63) is 12.3 Å². The van der Waals surface area contributed by atoms with Crippen LogP contribution >= 0.6 is 0 Å². The molecule has 7 nitrogen and oxygen atoms in total. The summed E-state index contributed by atoms with van der Waals surface area (Å²) >= 11 is 0. The van der Waals surface area contributed by atoms with Gasteiger partial charge in [0.1, 0.15) is 0 Å². The van der Waals surface area contributed by atoms with Gasteiger partial charge in [0, 0.05) is 51.4 Å². The lowest BCUT2D eigenvalue weighted by molar-refractivity contribution is -0.129. The topological polar surface area (TPSA) is 81.8 Å². The number of nitrogens with one attached hydrogen (secondary N) is 2. The molecule has 58 heavy (non-hydrogen) atoms. The second-order valence-corrected chi connectivity index (χ2v) is 18.1. The molecule has 0 spiro atoms. The molecule has 0 aliphatic carbocycles. The number of nitrogens with zero attached hydrogens (tertiary/aromatic N) is 2. The summed E-state index contributed by atoms with van der Waals surface area (Å²) in [4.78, 5) is 41.0. The fourth-order valence-corrected chi connectivity index (χ4v) is 8.56. The van der Waals surface area contributed by atoms with Gasteiger partial charge in [-0.1, -0.05) is 214 Å². The smallest absolute Gasteiger partial charge is 0.225 e. The molecule has 2 saturated heterocycles. The molecule has 340 valence electrons. The Bertz CT molecular complexity index is 1000. The van der Waals surface area contributed by atoms with E-state index in [4.69, 9.17) is 0 Å². The Morgan fingerprint density at radius 3 is 1.12 bits per heavy atom. The number of rotatable bonds is 38. The van der Waals surface area contributed by atoms with E-state index >= 15 is 0 Å². The lowest BCUT2D eigenvalue weighted by atomic mass is 10.0. The van der Waals surface area contributed by atoms with E-state index in [9.17, 15) is 14.4 Å². The van der Waals surface area contributed by atoms with Gasteiger partial charge in [-0.05, 0) is 32.1 Å². The summed E-state index contributed by atoms with van der Waals surface area (Å²) in [7, 11) is 0. The van der Waals surface area contributed by atoms with Gasteiger partial charge in [0.15, 0.2) is 0 Å². The average molecular weight is 815 g/mol. The summed E-state index contributed by atoms with van der Waals surface area (Å²) in [6, 6.07) is 0. The van der Waals surface area contributed by atoms with Crippen molar-refractivity contribution >= 4 is 17.7 Å². The van der Waals surface area contributed by atoms with Crippen molar-refractivity contribution in [1.29, 1.82) is 0 Å². The quantitative estimate of drug-likeness (QED) is 0.0608. The third kappa shape index (κ3) is 29.2. The van der Waals surface area contributed by atoms with Crippen LogP contribution in [0.25, 0.3) is 0 Å². The van der Waals surface area contributed by atoms with E-state index in [1.807, 2.05) is 4.90 Å². The minimum Gasteiger partial charge on any atom is -0.374 e. The van der Waals surface area contributed by atoms with Crippen molar-refractivity contribution in [1.82, 2.24) is 20.4 Å². The molecule has 2 rings (SSSR count). The van der Waals surface area contributed by atoms with Crippen molar-refractivity contribution in [2.45, 2.75) is 246 Å². The summed E-state index contributed by atoms with van der Waals surface area (Å²) in [5.41, 5.74) is 1.17. The van der Waals surface area contributed by atoms with E-state index in [-0.39, 0.29) is 29.6 Å². The molecule has 0 radical (unpaired) electrons. The Morgan fingerprint density at radius 2 is 0.741 bits per heavy atom. The number of carbonyl (C=O) groups excluding carboxylic acids is 3. The number of allylic oxidation sites excluding steroid dienone is 1. The Labute approximate surface area is 360 Å². The molecule has 2 fully saturated rings. The SMILES string of the molecule is C=C1CC(C(=O)NCCCCCC)CN1CCCCCCCCCCCCCCCC.CCCCCCCCCCCCN1CC(C(=O)NCCCCCC)CC1=O. The standard InChI is InChI=1S/C28H54N2O.C23H44N2O2/c1-4-6-8-10-11-12-13-14-15-16-17-18-19-21-23-30-25-27(24-26(30)3)28(31)29-22-20-9-7-5-2;1-3-5-7-9-10-11-12-13-14-16-18-25-20-21(19-22(25)26)23(27)24-17-15-8-6-4-2/h27H,3-25H2,1-2H3,(H,29,31);21H,3-20H2,1-2H3,(H,24,27). The first-order chi connectivity index (χ1) is 28.4. The Balaban J connectivity index is 0.000000586. The molecule has 2 unspecified atom stereocenters. The number of amides is 3. The summed E-state index contributed by atoms with van der Waals surface area (Å²) in [5, 5.41) is 6.15. The van der Waals surface area contributed by atoms with Crippen LogP contribution in [-0.4, -0.2) is 66.8 Å². The zero-order valence-corrected chi connectivity index (χ0v) is 39.3. The van der Waals surface area contributed by atoms with Crippen LogP contribution in [0.5, 0.6) is 0 Å². The van der Waals surface area contributed by atoms with Crippen LogP contribution in [0, 0.1) is 11.8 Å². The van der Waals surface area contributed by atoms with E-state index in [1.54, 1.807) is 0 Å². The highest BCUT2D eigenvalue weighted by molar-refractivity contribution is 5.89. The second kappa shape index (κ2) is 39.1. The number of hydrogen-bond acceptors (Lipinski definition) is 4. The highest BCUT2D eigenvalue weighted by atomic mass is 16.2. The monoisotopic (exact) mass is 815 g/mol. The van der Waals surface area contributed by atoms with Crippen LogP contribution in [0.4, 0.5) is 0 Å². The highest BCUT2D eigenvalue weighted by Crippen LogP contribution is 2.26. The maximum atomic E-state index is 12.4. The van der Waals surface area contributed by atoms with Crippen molar-refractivity contribution in [2.24, 2.45) is 11.8 Å². The number of unbranched alkanes of at least 4 members (excludes halogenated alkanes) is 28. The lowest BCUT2D eigenvalue weighted by Crippen LogP contribution is -2.33. The van der Waals surface area contributed by atoms with Crippen molar-refractivity contribution < 1.29 is 14.4 Å². The number of carbonyl (C=O) groups is 3. The predicted molar refractivity (Wildman–Crippen MR) is 250 cm³/mol. The van der Waals surface area contributed by atoms with Gasteiger partial charge in [0.05, 0.1) is 11.8 Å². The molecule has 0 bridgehead atoms. The maximum Gasteiger partial charge on any atom is 0.225 e. The maximum absolute atomic E-state index is 12.4. The van der Waals surface area contributed by atoms with Crippen LogP contribution in [0.3, 0.4) is 0 Å². The van der Waals surface area contributed by atoms with Gasteiger partial charge in [-0.3, -0.25) is 14.4 Å². The Hall–Kier alpha value is -2.05. The van der Waals surface area contributed by atoms with Crippen LogP contribution in [0.15, 0.2) is 12.3 Å². The molecule has 0 aromatic rings. The molecular formula is C51H98N4O3. The highest BCUT2D eigenvalue weighted by Gasteiger charge is 2.33. The molecule has 0 aromatic carbocycles. The largest absolute Gasteiger partial charge is 0.374 e. The van der Waals surface area contributed by atoms with Gasteiger partial charge in [0.2, 0.25) is 17.7 Å². The molecule has 2 aliphatic heterocycles. The van der Waals surface area contributed by atoms with E-state index in [0.29, 0.717) is 13.0 Å². The lowest BCUT2D eigenvalue weighted by Gasteiger charge is -2.19. The van der Waals surface area contributed by atoms with Crippen molar-refractivity contribution in [3.8, 4) is 0 Å². The van der Waals surface area contributed by atoms with Crippen LogP contribution < -0.4 is 10.6 Å². The van der Waals surface area contributed by atoms with Crippen molar-refractivity contribution in [3.63, 3.8) is 0 Å². The fourth-order valence-electron chi connectivity index (χ4n) is 8.56. The second-order valence-electron chi connectivity index (χ2n) is 18.1. The molecule has 2 aliphatic rings. The summed E-state index contributed by atoms with van der Waals surface area (Å²) in [6.07, 6.45) is 43.4.